The molecule has 3 heterocycles. The van der Waals surface area contributed by atoms with Crippen LogP contribution < -0.4 is 0 Å². The topological polar surface area (TPSA) is 79.1 Å². The first-order valence-electron chi connectivity index (χ1n) is 7.94. The Bertz CT molecular complexity index is 861. The number of hydrogen-bond acceptors (Lipinski definition) is 6. The maximum absolute atomic E-state index is 11.3. The van der Waals surface area contributed by atoms with E-state index in [0.717, 1.165) is 6.42 Å². The summed E-state index contributed by atoms with van der Waals surface area (Å²) in [4.78, 5) is 12.6. The Morgan fingerprint density at radius 2 is 2.08 bits per heavy atom. The van der Waals surface area contributed by atoms with Gasteiger partial charge >= 0.3 is 0 Å². The van der Waals surface area contributed by atoms with Crippen LogP contribution in [0.25, 0.3) is 11.2 Å². The standard InChI is InChI=1S/C15H17Cl2N4O3P/c1-14(2)23-9-7(4-15(3,5-25-22)10(9)24-14)21-6-18-8-11(16)19-13(17)20-12(8)21/h6-7,9-10H,4-5H2,1-3H3/t7-,9-,10?,15-/m1/s1. The van der Waals surface area contributed by atoms with E-state index in [4.69, 9.17) is 32.7 Å². The number of halogens is 2. The molecule has 2 aliphatic rings. The molecule has 4 rings (SSSR count). The summed E-state index contributed by atoms with van der Waals surface area (Å²) in [5.41, 5.74) is 0.770. The van der Waals surface area contributed by atoms with E-state index >= 15 is 0 Å². The Morgan fingerprint density at radius 3 is 2.80 bits per heavy atom. The largest absolute Gasteiger partial charge is 0.344 e. The SMILES string of the molecule is CC1(C)OC2[C@H](O1)[C@H](n1cnc3c(Cl)nc(Cl)nc31)C[C@]2(C)CP=O. The van der Waals surface area contributed by atoms with Crippen LogP contribution in [0.5, 0.6) is 0 Å². The normalized spacial score (nSPS) is 34.0. The fourth-order valence-electron chi connectivity index (χ4n) is 3.98. The molecule has 0 aromatic carbocycles. The van der Waals surface area contributed by atoms with Gasteiger partial charge in [0.05, 0.1) is 18.5 Å². The Labute approximate surface area is 156 Å². The molecule has 0 N–H and O–H groups in total. The molecule has 1 aliphatic heterocycles. The van der Waals surface area contributed by atoms with Crippen LogP contribution in [0.1, 0.15) is 33.2 Å². The molecule has 0 bridgehead atoms. The number of ether oxygens (including phenoxy) is 2. The summed E-state index contributed by atoms with van der Waals surface area (Å²) < 4.78 is 25.6. The summed E-state index contributed by atoms with van der Waals surface area (Å²) in [6, 6.07) is -0.0782. The van der Waals surface area contributed by atoms with Gasteiger partial charge in [0, 0.05) is 11.6 Å². The predicted molar refractivity (Wildman–Crippen MR) is 93.4 cm³/mol. The van der Waals surface area contributed by atoms with Crippen LogP contribution >= 0.6 is 31.7 Å². The summed E-state index contributed by atoms with van der Waals surface area (Å²) in [6.07, 6.45) is 2.52. The van der Waals surface area contributed by atoms with Crippen molar-refractivity contribution in [3.63, 3.8) is 0 Å². The van der Waals surface area contributed by atoms with E-state index in [2.05, 4.69) is 21.9 Å². The molecule has 2 aromatic rings. The van der Waals surface area contributed by atoms with Crippen molar-refractivity contribution < 1.29 is 14.0 Å². The number of aromatic nitrogens is 4. The monoisotopic (exact) mass is 402 g/mol. The molecule has 1 saturated carbocycles. The molecule has 134 valence electrons. The van der Waals surface area contributed by atoms with Gasteiger partial charge in [0.1, 0.15) is 11.6 Å². The molecule has 0 radical (unpaired) electrons. The summed E-state index contributed by atoms with van der Waals surface area (Å²) in [6.45, 7) is 5.85. The van der Waals surface area contributed by atoms with Crippen LogP contribution in [-0.2, 0) is 14.0 Å². The third-order valence-corrected chi connectivity index (χ3v) is 6.29. The molecule has 10 heteroatoms. The highest BCUT2D eigenvalue weighted by Gasteiger charge is 2.60. The third kappa shape index (κ3) is 2.77. The number of rotatable bonds is 3. The number of fused-ring (bicyclic) bond motifs is 2. The van der Waals surface area contributed by atoms with Crippen molar-refractivity contribution in [1.29, 1.82) is 0 Å². The van der Waals surface area contributed by atoms with E-state index < -0.39 is 5.79 Å². The van der Waals surface area contributed by atoms with Crippen molar-refractivity contribution in [2.24, 2.45) is 5.41 Å². The van der Waals surface area contributed by atoms with Gasteiger partial charge in [-0.1, -0.05) is 18.5 Å². The van der Waals surface area contributed by atoms with E-state index in [-0.39, 0.29) is 42.6 Å². The molecule has 7 nitrogen and oxygen atoms in total. The summed E-state index contributed by atoms with van der Waals surface area (Å²) >= 11 is 12.1. The Morgan fingerprint density at radius 1 is 1.32 bits per heavy atom. The zero-order valence-electron chi connectivity index (χ0n) is 13.9. The zero-order valence-corrected chi connectivity index (χ0v) is 16.3. The Kier molecular flexibility index (Phi) is 4.09. The molecule has 1 aliphatic carbocycles. The number of hydrogen-bond donors (Lipinski definition) is 0. The molecule has 2 aromatic heterocycles. The van der Waals surface area contributed by atoms with Crippen LogP contribution in [0.15, 0.2) is 6.33 Å². The minimum atomic E-state index is -0.699. The number of imidazole rings is 1. The Balaban J connectivity index is 1.82. The quantitative estimate of drug-likeness (QED) is 0.440. The number of nitrogens with zero attached hydrogens (tertiary/aromatic N) is 4. The highest BCUT2D eigenvalue weighted by atomic mass is 35.5. The van der Waals surface area contributed by atoms with Gasteiger partial charge in [-0.2, -0.15) is 4.98 Å². The van der Waals surface area contributed by atoms with E-state index in [0.29, 0.717) is 17.3 Å². The van der Waals surface area contributed by atoms with Gasteiger partial charge in [-0.05, 0) is 31.9 Å². The van der Waals surface area contributed by atoms with E-state index in [1.54, 1.807) is 6.33 Å². The van der Waals surface area contributed by atoms with E-state index in [1.165, 1.54) is 0 Å². The molecule has 25 heavy (non-hydrogen) atoms. The first kappa shape index (κ1) is 17.6. The van der Waals surface area contributed by atoms with Crippen molar-refractivity contribution in [3.8, 4) is 0 Å². The maximum atomic E-state index is 11.3. The van der Waals surface area contributed by atoms with E-state index in [9.17, 15) is 4.57 Å². The molecule has 0 spiro atoms. The van der Waals surface area contributed by atoms with Crippen LogP contribution in [0.3, 0.4) is 0 Å². The van der Waals surface area contributed by atoms with Gasteiger partial charge in [0.25, 0.3) is 0 Å². The highest BCUT2D eigenvalue weighted by molar-refractivity contribution is 7.23. The van der Waals surface area contributed by atoms with Gasteiger partial charge in [-0.3, -0.25) is 4.57 Å². The van der Waals surface area contributed by atoms with Gasteiger partial charge in [-0.15, -0.1) is 0 Å². The van der Waals surface area contributed by atoms with Crippen molar-refractivity contribution >= 4 is 42.8 Å². The lowest BCUT2D eigenvalue weighted by molar-refractivity contribution is -0.166. The molecule has 1 saturated heterocycles. The minimum absolute atomic E-state index is 0.0681. The van der Waals surface area contributed by atoms with Crippen LogP contribution in [0.4, 0.5) is 0 Å². The second-order valence-electron chi connectivity index (χ2n) is 7.34. The van der Waals surface area contributed by atoms with Crippen LogP contribution in [0.2, 0.25) is 10.4 Å². The maximum Gasteiger partial charge on any atom is 0.225 e. The van der Waals surface area contributed by atoms with E-state index in [1.807, 2.05) is 18.4 Å². The van der Waals surface area contributed by atoms with Crippen molar-refractivity contribution in [2.75, 3.05) is 6.16 Å². The van der Waals surface area contributed by atoms with Gasteiger partial charge in [0.2, 0.25) is 5.28 Å². The highest BCUT2D eigenvalue weighted by Crippen LogP contribution is 2.54. The summed E-state index contributed by atoms with van der Waals surface area (Å²) in [5.74, 6) is -0.699. The molecular formula is C15H17Cl2N4O3P. The lowest BCUT2D eigenvalue weighted by atomic mass is 9.88. The molecule has 2 fully saturated rings. The lowest BCUT2D eigenvalue weighted by Crippen LogP contribution is -2.34. The minimum Gasteiger partial charge on any atom is -0.344 e. The van der Waals surface area contributed by atoms with Crippen molar-refractivity contribution in [3.05, 3.63) is 16.8 Å². The third-order valence-electron chi connectivity index (χ3n) is 5.01. The van der Waals surface area contributed by atoms with Gasteiger partial charge in [0.15, 0.2) is 25.0 Å². The second-order valence-corrected chi connectivity index (χ2v) is 8.61. The predicted octanol–water partition coefficient (Wildman–Crippen LogP) is 3.90. The first-order valence-corrected chi connectivity index (χ1v) is 9.70. The van der Waals surface area contributed by atoms with Crippen LogP contribution in [0, 0.1) is 5.41 Å². The van der Waals surface area contributed by atoms with Gasteiger partial charge < -0.3 is 14.0 Å². The zero-order chi connectivity index (χ0) is 18.0. The fourth-order valence-corrected chi connectivity index (χ4v) is 5.00. The van der Waals surface area contributed by atoms with Gasteiger partial charge in [-0.25, -0.2) is 9.97 Å². The van der Waals surface area contributed by atoms with Crippen molar-refractivity contribution in [1.82, 2.24) is 19.5 Å². The molecule has 0 amide bonds. The van der Waals surface area contributed by atoms with Crippen molar-refractivity contribution in [2.45, 2.75) is 51.2 Å². The Hall–Kier alpha value is -0.850. The fraction of sp³-hybridized carbons (Fsp3) is 0.667. The lowest BCUT2D eigenvalue weighted by Gasteiger charge is -2.29. The smallest absolute Gasteiger partial charge is 0.225 e. The second kappa shape index (κ2) is 5.83. The molecule has 1 unspecified atom stereocenters. The average Bonchev–Trinajstić information content (AvgIpc) is 3.12. The molecule has 4 atom stereocenters. The summed E-state index contributed by atoms with van der Waals surface area (Å²) in [5, 5.41) is 0.284. The first-order chi connectivity index (χ1) is 11.7. The van der Waals surface area contributed by atoms with Crippen LogP contribution in [-0.4, -0.2) is 43.7 Å². The summed E-state index contributed by atoms with van der Waals surface area (Å²) in [7, 11) is 0.0907. The molecular weight excluding hydrogens is 386 g/mol. The average molecular weight is 403 g/mol.